The highest BCUT2D eigenvalue weighted by Gasteiger charge is 2.21. The molecule has 0 N–H and O–H groups in total. The van der Waals surface area contributed by atoms with Crippen LogP contribution in [0.2, 0.25) is 5.02 Å². The molecule has 2 aromatic rings. The lowest BCUT2D eigenvalue weighted by atomic mass is 10.3. The van der Waals surface area contributed by atoms with Crippen LogP contribution in [0, 0.1) is 0 Å². The van der Waals surface area contributed by atoms with Gasteiger partial charge in [0, 0.05) is 21.6 Å². The topological polar surface area (TPSA) is 43.6 Å². The van der Waals surface area contributed by atoms with Crippen LogP contribution in [0.5, 0.6) is 0 Å². The standard InChI is InChI=1S/C10H9ClN4S/c1-6-4-10-12-13-14-15(10)8-3-2-7(11)5-9(8)16-6/h2-3,5-6H,4H2,1H3. The van der Waals surface area contributed by atoms with Gasteiger partial charge in [-0.05, 0) is 28.6 Å². The zero-order chi connectivity index (χ0) is 11.1. The van der Waals surface area contributed by atoms with Gasteiger partial charge in [-0.3, -0.25) is 0 Å². The summed E-state index contributed by atoms with van der Waals surface area (Å²) in [6, 6.07) is 5.79. The molecular formula is C10H9ClN4S. The average molecular weight is 253 g/mol. The molecule has 0 bridgehead atoms. The van der Waals surface area contributed by atoms with E-state index < -0.39 is 0 Å². The second kappa shape index (κ2) is 3.75. The number of fused-ring (bicyclic) bond motifs is 3. The van der Waals surface area contributed by atoms with Crippen molar-refractivity contribution in [1.29, 1.82) is 0 Å². The van der Waals surface area contributed by atoms with Crippen molar-refractivity contribution in [1.82, 2.24) is 20.2 Å². The molecule has 0 spiro atoms. The molecule has 1 aliphatic heterocycles. The molecule has 0 amide bonds. The Hall–Kier alpha value is -1.07. The second-order valence-corrected chi connectivity index (χ2v) is 5.67. The molecule has 6 heteroatoms. The number of nitrogens with zero attached hydrogens (tertiary/aromatic N) is 4. The Labute approximate surface area is 102 Å². The zero-order valence-electron chi connectivity index (χ0n) is 8.59. The summed E-state index contributed by atoms with van der Waals surface area (Å²) in [6.45, 7) is 2.17. The fraction of sp³-hybridized carbons (Fsp3) is 0.300. The van der Waals surface area contributed by atoms with E-state index >= 15 is 0 Å². The van der Waals surface area contributed by atoms with Gasteiger partial charge in [-0.15, -0.1) is 16.9 Å². The number of tetrazole rings is 1. The quantitative estimate of drug-likeness (QED) is 0.722. The molecule has 1 aromatic carbocycles. The maximum atomic E-state index is 6.00. The number of thioether (sulfide) groups is 1. The Kier molecular flexibility index (Phi) is 2.37. The lowest BCUT2D eigenvalue weighted by Gasteiger charge is -2.07. The fourth-order valence-electron chi connectivity index (χ4n) is 1.79. The SMILES string of the molecule is CC1Cc2nnnn2-c2ccc(Cl)cc2S1. The van der Waals surface area contributed by atoms with Crippen LogP contribution in [0.4, 0.5) is 0 Å². The molecule has 16 heavy (non-hydrogen) atoms. The van der Waals surface area contributed by atoms with E-state index in [1.165, 1.54) is 0 Å². The molecule has 1 aromatic heterocycles. The Morgan fingerprint density at radius 2 is 2.38 bits per heavy atom. The van der Waals surface area contributed by atoms with E-state index in [0.717, 1.165) is 27.9 Å². The highest BCUT2D eigenvalue weighted by Crippen LogP contribution is 2.35. The number of hydrogen-bond acceptors (Lipinski definition) is 4. The molecule has 1 unspecified atom stereocenters. The maximum Gasteiger partial charge on any atom is 0.157 e. The van der Waals surface area contributed by atoms with Crippen molar-refractivity contribution in [2.24, 2.45) is 0 Å². The van der Waals surface area contributed by atoms with Crippen molar-refractivity contribution in [2.75, 3.05) is 0 Å². The third-order valence-corrected chi connectivity index (χ3v) is 3.87. The summed E-state index contributed by atoms with van der Waals surface area (Å²) in [5, 5.41) is 13.0. The molecule has 82 valence electrons. The predicted molar refractivity (Wildman–Crippen MR) is 63.2 cm³/mol. The van der Waals surface area contributed by atoms with Gasteiger partial charge in [0.2, 0.25) is 0 Å². The lowest BCUT2D eigenvalue weighted by molar-refractivity contribution is 0.750. The summed E-state index contributed by atoms with van der Waals surface area (Å²) in [5.41, 5.74) is 1.01. The summed E-state index contributed by atoms with van der Waals surface area (Å²) in [7, 11) is 0. The number of benzene rings is 1. The largest absolute Gasteiger partial charge is 0.196 e. The first kappa shape index (κ1) is 10.1. The van der Waals surface area contributed by atoms with Crippen molar-refractivity contribution >= 4 is 23.4 Å². The van der Waals surface area contributed by atoms with Gasteiger partial charge >= 0.3 is 0 Å². The van der Waals surface area contributed by atoms with E-state index in [9.17, 15) is 0 Å². The molecule has 0 saturated heterocycles. The van der Waals surface area contributed by atoms with E-state index in [-0.39, 0.29) is 0 Å². The van der Waals surface area contributed by atoms with Gasteiger partial charge < -0.3 is 0 Å². The van der Waals surface area contributed by atoms with Gasteiger partial charge in [0.05, 0.1) is 5.69 Å². The second-order valence-electron chi connectivity index (χ2n) is 3.75. The third-order valence-electron chi connectivity index (χ3n) is 2.48. The molecule has 4 nitrogen and oxygen atoms in total. The zero-order valence-corrected chi connectivity index (χ0v) is 10.2. The van der Waals surface area contributed by atoms with Crippen LogP contribution in [-0.4, -0.2) is 25.5 Å². The van der Waals surface area contributed by atoms with Crippen LogP contribution in [-0.2, 0) is 6.42 Å². The lowest BCUT2D eigenvalue weighted by Crippen LogP contribution is -2.05. The van der Waals surface area contributed by atoms with E-state index in [2.05, 4.69) is 22.4 Å². The summed E-state index contributed by atoms with van der Waals surface area (Å²) < 4.78 is 1.79. The number of aromatic nitrogens is 4. The maximum absolute atomic E-state index is 6.00. The van der Waals surface area contributed by atoms with Crippen LogP contribution in [0.1, 0.15) is 12.7 Å². The van der Waals surface area contributed by atoms with E-state index in [1.54, 1.807) is 16.4 Å². The van der Waals surface area contributed by atoms with E-state index in [0.29, 0.717) is 5.25 Å². The van der Waals surface area contributed by atoms with Crippen LogP contribution in [0.3, 0.4) is 0 Å². The van der Waals surface area contributed by atoms with Crippen LogP contribution >= 0.6 is 23.4 Å². The average Bonchev–Trinajstić information content (AvgIpc) is 2.61. The first-order valence-corrected chi connectivity index (χ1v) is 6.23. The molecule has 0 radical (unpaired) electrons. The molecule has 1 aliphatic rings. The van der Waals surface area contributed by atoms with Crippen molar-refractivity contribution < 1.29 is 0 Å². The highest BCUT2D eigenvalue weighted by molar-refractivity contribution is 8.00. The molecule has 2 heterocycles. The number of halogens is 1. The van der Waals surface area contributed by atoms with Gasteiger partial charge in [-0.1, -0.05) is 18.5 Å². The van der Waals surface area contributed by atoms with Gasteiger partial charge in [0.15, 0.2) is 5.82 Å². The molecule has 3 rings (SSSR count). The summed E-state index contributed by atoms with van der Waals surface area (Å²) in [6.07, 6.45) is 0.865. The minimum atomic E-state index is 0.449. The Balaban J connectivity index is 2.24. The molecule has 0 aliphatic carbocycles. The summed E-state index contributed by atoms with van der Waals surface area (Å²) in [5.74, 6) is 0.904. The van der Waals surface area contributed by atoms with Crippen LogP contribution in [0.15, 0.2) is 23.1 Å². The summed E-state index contributed by atoms with van der Waals surface area (Å²) >= 11 is 7.80. The minimum absolute atomic E-state index is 0.449. The molecule has 0 fully saturated rings. The highest BCUT2D eigenvalue weighted by atomic mass is 35.5. The minimum Gasteiger partial charge on any atom is -0.196 e. The van der Waals surface area contributed by atoms with E-state index in [4.69, 9.17) is 11.6 Å². The van der Waals surface area contributed by atoms with Crippen LogP contribution < -0.4 is 0 Å². The Bertz CT molecular complexity index is 539. The van der Waals surface area contributed by atoms with Crippen LogP contribution in [0.25, 0.3) is 5.69 Å². The third kappa shape index (κ3) is 1.60. The van der Waals surface area contributed by atoms with Gasteiger partial charge in [0.1, 0.15) is 0 Å². The normalized spacial score (nSPS) is 18.8. The van der Waals surface area contributed by atoms with Gasteiger partial charge in [-0.25, -0.2) is 0 Å². The number of hydrogen-bond donors (Lipinski definition) is 0. The number of rotatable bonds is 0. The van der Waals surface area contributed by atoms with E-state index in [1.807, 2.05) is 18.2 Å². The van der Waals surface area contributed by atoms with Gasteiger partial charge in [0.25, 0.3) is 0 Å². The van der Waals surface area contributed by atoms with Gasteiger partial charge in [-0.2, -0.15) is 4.68 Å². The molecule has 0 saturated carbocycles. The smallest absolute Gasteiger partial charge is 0.157 e. The summed E-state index contributed by atoms with van der Waals surface area (Å²) in [4.78, 5) is 1.13. The van der Waals surface area contributed by atoms with Crippen molar-refractivity contribution in [3.8, 4) is 5.69 Å². The molecular weight excluding hydrogens is 244 g/mol. The molecule has 1 atom stereocenters. The fourth-order valence-corrected chi connectivity index (χ4v) is 3.17. The monoisotopic (exact) mass is 252 g/mol. The predicted octanol–water partition coefficient (Wildman–Crippen LogP) is 2.35. The van der Waals surface area contributed by atoms with Crippen molar-refractivity contribution in [3.05, 3.63) is 29.0 Å². The van der Waals surface area contributed by atoms with Crippen molar-refractivity contribution in [3.63, 3.8) is 0 Å². The van der Waals surface area contributed by atoms with Crippen molar-refractivity contribution in [2.45, 2.75) is 23.5 Å². The first-order chi connectivity index (χ1) is 7.74. The Morgan fingerprint density at radius 1 is 1.50 bits per heavy atom. The Morgan fingerprint density at radius 3 is 3.25 bits per heavy atom. The first-order valence-electron chi connectivity index (χ1n) is 4.98.